The van der Waals surface area contributed by atoms with Crippen molar-refractivity contribution in [1.29, 1.82) is 0 Å². The van der Waals surface area contributed by atoms with Crippen LogP contribution in [0, 0.1) is 0 Å². The summed E-state index contributed by atoms with van der Waals surface area (Å²) in [6, 6.07) is 0. The van der Waals surface area contributed by atoms with Crippen LogP contribution in [0.1, 0.15) is 117 Å². The molecule has 0 aromatic rings. The molecule has 2 atom stereocenters. The zero-order valence-corrected chi connectivity index (χ0v) is 20.6. The Bertz CT molecular complexity index is 417. The van der Waals surface area contributed by atoms with Gasteiger partial charge in [0, 0.05) is 12.8 Å². The standard InChI is InChI=1S/C24H49NO2P/c1-6-8-9-10-11-12-13-14-15-16-17-18-19-20-21-23-24(22-7-2,28(26)27)25(3,4)5/h11-12H,6-10,13-23H2,1-5H3/q+1/b12-11-. The lowest BCUT2D eigenvalue weighted by atomic mass is 9.99. The quantitative estimate of drug-likeness (QED) is 0.0960. The van der Waals surface area contributed by atoms with Gasteiger partial charge < -0.3 is 4.89 Å². The molecule has 0 aliphatic carbocycles. The second kappa shape index (κ2) is 16.5. The minimum absolute atomic E-state index is 0.520. The van der Waals surface area contributed by atoms with Crippen LogP contribution < -0.4 is 4.89 Å². The van der Waals surface area contributed by atoms with Crippen LogP contribution in [0.3, 0.4) is 0 Å². The number of unbranched alkanes of at least 4 members (excludes halogenated alkanes) is 11. The molecule has 0 fully saturated rings. The summed E-state index contributed by atoms with van der Waals surface area (Å²) in [5.41, 5.74) is 0. The van der Waals surface area contributed by atoms with Crippen LogP contribution in [-0.2, 0) is 4.57 Å². The van der Waals surface area contributed by atoms with Gasteiger partial charge in [-0.05, 0) is 38.5 Å². The van der Waals surface area contributed by atoms with Crippen LogP contribution in [0.4, 0.5) is 0 Å². The molecule has 0 spiro atoms. The Balaban J connectivity index is 3.78. The predicted molar refractivity (Wildman–Crippen MR) is 123 cm³/mol. The molecule has 0 saturated heterocycles. The van der Waals surface area contributed by atoms with Gasteiger partial charge in [0.05, 0.1) is 21.1 Å². The van der Waals surface area contributed by atoms with Crippen molar-refractivity contribution in [3.8, 4) is 0 Å². The summed E-state index contributed by atoms with van der Waals surface area (Å²) < 4.78 is 12.6. The molecule has 28 heavy (non-hydrogen) atoms. The number of nitrogens with zero attached hydrogens (tertiary/aromatic N) is 1. The van der Waals surface area contributed by atoms with E-state index < -0.39 is 13.3 Å². The van der Waals surface area contributed by atoms with Crippen LogP contribution in [-0.4, -0.2) is 30.9 Å². The molecule has 4 heteroatoms. The van der Waals surface area contributed by atoms with E-state index in [1.807, 2.05) is 21.1 Å². The van der Waals surface area contributed by atoms with Crippen LogP contribution >= 0.6 is 8.03 Å². The summed E-state index contributed by atoms with van der Waals surface area (Å²) in [6.07, 6.45) is 23.8. The topological polar surface area (TPSA) is 40.1 Å². The maximum Gasteiger partial charge on any atom is 0.376 e. The molecule has 0 aliphatic rings. The summed E-state index contributed by atoms with van der Waals surface area (Å²) in [5.74, 6) is 0. The average molecular weight is 415 g/mol. The first kappa shape index (κ1) is 27.8. The average Bonchev–Trinajstić information content (AvgIpc) is 2.62. The van der Waals surface area contributed by atoms with Crippen LogP contribution in [0.15, 0.2) is 12.2 Å². The summed E-state index contributed by atoms with van der Waals surface area (Å²) >= 11 is 0. The monoisotopic (exact) mass is 414 g/mol. The molecule has 3 nitrogen and oxygen atoms in total. The highest BCUT2D eigenvalue weighted by Crippen LogP contribution is 2.45. The Kier molecular flexibility index (Phi) is 16.4. The summed E-state index contributed by atoms with van der Waals surface area (Å²) in [4.78, 5) is 12.1. The van der Waals surface area contributed by atoms with E-state index in [9.17, 15) is 9.46 Å². The molecule has 2 unspecified atom stereocenters. The molecule has 0 saturated carbocycles. The molecule has 0 aromatic heterocycles. The Morgan fingerprint density at radius 1 is 0.714 bits per heavy atom. The van der Waals surface area contributed by atoms with E-state index in [0.717, 1.165) is 32.1 Å². The van der Waals surface area contributed by atoms with Gasteiger partial charge >= 0.3 is 8.03 Å². The number of hydrogen-bond donors (Lipinski definition) is 0. The molecule has 0 bridgehead atoms. The zero-order chi connectivity index (χ0) is 21.3. The SMILES string of the molecule is CCCCC/C=C\CCCCCCCCCCC(CCC)([P+](=O)[O-])[N+](C)(C)C. The van der Waals surface area contributed by atoms with Crippen LogP contribution in [0.25, 0.3) is 0 Å². The van der Waals surface area contributed by atoms with Crippen molar-refractivity contribution in [3.05, 3.63) is 12.2 Å². The third-order valence-corrected chi connectivity index (χ3v) is 7.80. The van der Waals surface area contributed by atoms with Gasteiger partial charge in [-0.15, -0.1) is 0 Å². The van der Waals surface area contributed by atoms with Crippen molar-refractivity contribution in [1.82, 2.24) is 0 Å². The maximum atomic E-state index is 12.1. The van der Waals surface area contributed by atoms with Gasteiger partial charge in [-0.3, -0.25) is 4.48 Å². The van der Waals surface area contributed by atoms with Gasteiger partial charge in [0.1, 0.15) is 0 Å². The Morgan fingerprint density at radius 3 is 1.61 bits per heavy atom. The van der Waals surface area contributed by atoms with E-state index in [1.54, 1.807) is 0 Å². The predicted octanol–water partition coefficient (Wildman–Crippen LogP) is 7.33. The largest absolute Gasteiger partial charge is 0.590 e. The second-order valence-electron chi connectivity index (χ2n) is 9.34. The molecule has 0 N–H and O–H groups in total. The summed E-state index contributed by atoms with van der Waals surface area (Å²) in [7, 11) is 3.67. The van der Waals surface area contributed by atoms with Gasteiger partial charge in [0.2, 0.25) is 0 Å². The first-order valence-electron chi connectivity index (χ1n) is 11.9. The van der Waals surface area contributed by atoms with Crippen LogP contribution in [0.2, 0.25) is 0 Å². The Hall–Kier alpha value is -0.240. The van der Waals surface area contributed by atoms with Crippen LogP contribution in [0.5, 0.6) is 0 Å². The van der Waals surface area contributed by atoms with Crippen molar-refractivity contribution < 1.29 is 13.9 Å². The van der Waals surface area contributed by atoms with Crippen molar-refractivity contribution in [3.63, 3.8) is 0 Å². The molecular formula is C24H49NO2P+. The van der Waals surface area contributed by atoms with Gasteiger partial charge in [-0.25, -0.2) is 0 Å². The number of hydrogen-bond acceptors (Lipinski definition) is 2. The van der Waals surface area contributed by atoms with E-state index in [1.165, 1.54) is 70.6 Å². The lowest BCUT2D eigenvalue weighted by Gasteiger charge is -2.39. The molecule has 0 heterocycles. The molecular weight excluding hydrogens is 365 g/mol. The number of quaternary nitrogens is 1. The van der Waals surface area contributed by atoms with Crippen molar-refractivity contribution in [2.24, 2.45) is 0 Å². The fraction of sp³-hybridized carbons (Fsp3) is 0.917. The Labute approximate surface area is 177 Å². The van der Waals surface area contributed by atoms with E-state index in [4.69, 9.17) is 0 Å². The number of rotatable bonds is 19. The third-order valence-electron chi connectivity index (χ3n) is 6.08. The zero-order valence-electron chi connectivity index (χ0n) is 19.7. The number of allylic oxidation sites excluding steroid dienone is 2. The molecule has 166 valence electrons. The lowest BCUT2D eigenvalue weighted by Crippen LogP contribution is -2.55. The first-order valence-corrected chi connectivity index (χ1v) is 13.1. The molecule has 0 aliphatic heterocycles. The van der Waals surface area contributed by atoms with E-state index in [-0.39, 0.29) is 0 Å². The van der Waals surface area contributed by atoms with Crippen molar-refractivity contribution >= 4 is 8.03 Å². The highest BCUT2D eigenvalue weighted by atomic mass is 31.1. The van der Waals surface area contributed by atoms with E-state index >= 15 is 0 Å². The first-order chi connectivity index (χ1) is 13.3. The fourth-order valence-corrected chi connectivity index (χ4v) is 5.34. The second-order valence-corrected chi connectivity index (χ2v) is 10.7. The molecule has 0 radical (unpaired) electrons. The van der Waals surface area contributed by atoms with Gasteiger partial charge in [0.15, 0.2) is 0 Å². The minimum Gasteiger partial charge on any atom is -0.590 e. The normalized spacial score (nSPS) is 15.1. The Morgan fingerprint density at radius 2 is 1.18 bits per heavy atom. The van der Waals surface area contributed by atoms with Gasteiger partial charge in [-0.2, -0.15) is 0 Å². The lowest BCUT2D eigenvalue weighted by molar-refractivity contribution is -0.910. The fourth-order valence-electron chi connectivity index (χ4n) is 4.10. The molecule has 0 aromatic carbocycles. The van der Waals surface area contributed by atoms with E-state index in [2.05, 4.69) is 26.0 Å². The third kappa shape index (κ3) is 11.7. The maximum absolute atomic E-state index is 12.1. The summed E-state index contributed by atoms with van der Waals surface area (Å²) in [6.45, 7) is 4.34. The minimum atomic E-state index is -2.42. The van der Waals surface area contributed by atoms with E-state index in [0.29, 0.717) is 4.48 Å². The van der Waals surface area contributed by atoms with Crippen molar-refractivity contribution in [2.75, 3.05) is 21.1 Å². The molecule has 0 rings (SSSR count). The van der Waals surface area contributed by atoms with Gasteiger partial charge in [0.25, 0.3) is 5.28 Å². The van der Waals surface area contributed by atoms with Gasteiger partial charge in [-0.1, -0.05) is 81.9 Å². The highest BCUT2D eigenvalue weighted by Gasteiger charge is 2.53. The van der Waals surface area contributed by atoms with Crippen molar-refractivity contribution in [2.45, 2.75) is 122 Å². The summed E-state index contributed by atoms with van der Waals surface area (Å²) in [5, 5.41) is -0.589. The highest BCUT2D eigenvalue weighted by molar-refractivity contribution is 7.38. The smallest absolute Gasteiger partial charge is 0.376 e. The molecule has 0 amide bonds.